The number of carboxylic acids is 1. The first-order valence-electron chi connectivity index (χ1n) is 7.64. The average Bonchev–Trinajstić information content (AvgIpc) is 2.86. The smallest absolute Gasteiger partial charge is 0.321 e. The van der Waals surface area contributed by atoms with Crippen LogP contribution in [-0.2, 0) is 9.53 Å². The molecular formula is C15H27NO3. The van der Waals surface area contributed by atoms with Crippen molar-refractivity contribution in [2.45, 2.75) is 45.6 Å². The van der Waals surface area contributed by atoms with Crippen LogP contribution in [-0.4, -0.2) is 48.3 Å². The van der Waals surface area contributed by atoms with Crippen LogP contribution in [0.15, 0.2) is 0 Å². The van der Waals surface area contributed by atoms with Gasteiger partial charge in [0.2, 0.25) is 0 Å². The van der Waals surface area contributed by atoms with Gasteiger partial charge in [-0.1, -0.05) is 20.3 Å². The fourth-order valence-electron chi connectivity index (χ4n) is 3.57. The van der Waals surface area contributed by atoms with Gasteiger partial charge in [0, 0.05) is 19.7 Å². The van der Waals surface area contributed by atoms with Crippen molar-refractivity contribution >= 4 is 5.97 Å². The minimum Gasteiger partial charge on any atom is -0.480 e. The number of ether oxygens (including phenoxy) is 1. The van der Waals surface area contributed by atoms with Crippen LogP contribution in [0.1, 0.15) is 39.5 Å². The Bertz CT molecular complexity index is 306. The highest BCUT2D eigenvalue weighted by molar-refractivity contribution is 5.74. The second-order valence-corrected chi connectivity index (χ2v) is 6.43. The molecular weight excluding hydrogens is 242 g/mol. The van der Waals surface area contributed by atoms with Crippen molar-refractivity contribution in [3.05, 3.63) is 0 Å². The second-order valence-electron chi connectivity index (χ2n) is 6.43. The summed E-state index contributed by atoms with van der Waals surface area (Å²) in [5.74, 6) is 1.01. The monoisotopic (exact) mass is 269 g/mol. The highest BCUT2D eigenvalue weighted by Gasteiger charge is 2.47. The molecule has 1 saturated carbocycles. The number of hydrogen-bond acceptors (Lipinski definition) is 3. The van der Waals surface area contributed by atoms with Gasteiger partial charge < -0.3 is 9.84 Å². The van der Waals surface area contributed by atoms with Gasteiger partial charge in [0.05, 0.1) is 6.61 Å². The van der Waals surface area contributed by atoms with Crippen LogP contribution in [0.25, 0.3) is 0 Å². The lowest BCUT2D eigenvalue weighted by Gasteiger charge is -2.24. The molecule has 0 radical (unpaired) electrons. The molecule has 110 valence electrons. The first-order chi connectivity index (χ1) is 9.09. The molecule has 3 unspecified atom stereocenters. The van der Waals surface area contributed by atoms with Gasteiger partial charge >= 0.3 is 5.97 Å². The Hall–Kier alpha value is -0.610. The zero-order chi connectivity index (χ0) is 13.8. The SMILES string of the molecule is CC(C)CCOCCN1CC2CCCC2C1C(=O)O. The molecule has 1 aliphatic heterocycles. The van der Waals surface area contributed by atoms with E-state index in [2.05, 4.69) is 18.7 Å². The number of carboxylic acid groups (broad SMARTS) is 1. The van der Waals surface area contributed by atoms with Gasteiger partial charge in [-0.2, -0.15) is 0 Å². The average molecular weight is 269 g/mol. The molecule has 4 heteroatoms. The predicted octanol–water partition coefficient (Wildman–Crippen LogP) is 2.23. The van der Waals surface area contributed by atoms with E-state index in [1.165, 1.54) is 12.8 Å². The Morgan fingerprint density at radius 2 is 2.16 bits per heavy atom. The Morgan fingerprint density at radius 1 is 1.37 bits per heavy atom. The zero-order valence-electron chi connectivity index (χ0n) is 12.2. The molecule has 2 fully saturated rings. The lowest BCUT2D eigenvalue weighted by Crippen LogP contribution is -2.41. The van der Waals surface area contributed by atoms with Crippen molar-refractivity contribution in [3.8, 4) is 0 Å². The van der Waals surface area contributed by atoms with Crippen LogP contribution in [0.3, 0.4) is 0 Å². The van der Waals surface area contributed by atoms with Crippen LogP contribution in [0.2, 0.25) is 0 Å². The minimum absolute atomic E-state index is 0.263. The van der Waals surface area contributed by atoms with Crippen LogP contribution in [0.5, 0.6) is 0 Å². The van der Waals surface area contributed by atoms with E-state index in [9.17, 15) is 9.90 Å². The van der Waals surface area contributed by atoms with Crippen LogP contribution < -0.4 is 0 Å². The molecule has 1 saturated heterocycles. The van der Waals surface area contributed by atoms with Gasteiger partial charge in [0.1, 0.15) is 6.04 Å². The number of fused-ring (bicyclic) bond motifs is 1. The number of rotatable bonds is 7. The molecule has 0 amide bonds. The van der Waals surface area contributed by atoms with Gasteiger partial charge in [0.15, 0.2) is 0 Å². The van der Waals surface area contributed by atoms with Gasteiger partial charge in [-0.15, -0.1) is 0 Å². The lowest BCUT2D eigenvalue weighted by atomic mass is 9.94. The van der Waals surface area contributed by atoms with Crippen LogP contribution >= 0.6 is 0 Å². The van der Waals surface area contributed by atoms with Gasteiger partial charge in [-0.3, -0.25) is 9.69 Å². The third kappa shape index (κ3) is 3.69. The van der Waals surface area contributed by atoms with E-state index in [4.69, 9.17) is 4.74 Å². The largest absolute Gasteiger partial charge is 0.480 e. The molecule has 0 aromatic rings. The number of nitrogens with zero attached hydrogens (tertiary/aromatic N) is 1. The van der Waals surface area contributed by atoms with E-state index >= 15 is 0 Å². The summed E-state index contributed by atoms with van der Waals surface area (Å²) >= 11 is 0. The second kappa shape index (κ2) is 6.71. The van der Waals surface area contributed by atoms with Crippen molar-refractivity contribution < 1.29 is 14.6 Å². The number of hydrogen-bond donors (Lipinski definition) is 1. The van der Waals surface area contributed by atoms with Crippen molar-refractivity contribution in [1.29, 1.82) is 0 Å². The molecule has 3 atom stereocenters. The Labute approximate surface area is 116 Å². The summed E-state index contributed by atoms with van der Waals surface area (Å²) in [5, 5.41) is 9.42. The maximum Gasteiger partial charge on any atom is 0.321 e. The third-order valence-corrected chi connectivity index (χ3v) is 4.60. The molecule has 1 N–H and O–H groups in total. The van der Waals surface area contributed by atoms with Crippen molar-refractivity contribution in [2.24, 2.45) is 17.8 Å². The van der Waals surface area contributed by atoms with Crippen LogP contribution in [0.4, 0.5) is 0 Å². The molecule has 2 aliphatic rings. The minimum atomic E-state index is -0.642. The number of likely N-dealkylation sites (tertiary alicyclic amines) is 1. The standard InChI is InChI=1S/C15H27NO3/c1-11(2)6-8-19-9-7-16-10-12-4-3-5-13(12)14(16)15(17)18/h11-14H,3-10H2,1-2H3,(H,17,18). The Kier molecular flexibility index (Phi) is 5.22. The maximum atomic E-state index is 11.5. The van der Waals surface area contributed by atoms with E-state index < -0.39 is 5.97 Å². The molecule has 19 heavy (non-hydrogen) atoms. The molecule has 0 bridgehead atoms. The molecule has 1 aliphatic carbocycles. The third-order valence-electron chi connectivity index (χ3n) is 4.60. The summed E-state index contributed by atoms with van der Waals surface area (Å²) < 4.78 is 5.62. The highest BCUT2D eigenvalue weighted by Crippen LogP contribution is 2.41. The molecule has 0 aromatic carbocycles. The van der Waals surface area contributed by atoms with E-state index in [1.807, 2.05) is 0 Å². The highest BCUT2D eigenvalue weighted by atomic mass is 16.5. The van der Waals surface area contributed by atoms with E-state index in [0.29, 0.717) is 24.4 Å². The van der Waals surface area contributed by atoms with Gasteiger partial charge in [-0.05, 0) is 37.0 Å². The molecule has 4 nitrogen and oxygen atoms in total. The zero-order valence-corrected chi connectivity index (χ0v) is 12.2. The summed E-state index contributed by atoms with van der Waals surface area (Å²) in [7, 11) is 0. The fourth-order valence-corrected chi connectivity index (χ4v) is 3.57. The molecule has 2 rings (SSSR count). The van der Waals surface area contributed by atoms with Gasteiger partial charge in [-0.25, -0.2) is 0 Å². The maximum absolute atomic E-state index is 11.5. The van der Waals surface area contributed by atoms with E-state index in [-0.39, 0.29) is 6.04 Å². The molecule has 0 spiro atoms. The van der Waals surface area contributed by atoms with Crippen molar-refractivity contribution in [2.75, 3.05) is 26.3 Å². The van der Waals surface area contributed by atoms with E-state index in [1.54, 1.807) is 0 Å². The summed E-state index contributed by atoms with van der Waals surface area (Å²) in [6, 6.07) is -0.263. The summed E-state index contributed by atoms with van der Waals surface area (Å²) in [6.07, 6.45) is 4.58. The summed E-state index contributed by atoms with van der Waals surface area (Å²) in [5.41, 5.74) is 0. The summed E-state index contributed by atoms with van der Waals surface area (Å²) in [4.78, 5) is 13.6. The van der Waals surface area contributed by atoms with Gasteiger partial charge in [0.25, 0.3) is 0 Å². The normalized spacial score (nSPS) is 31.0. The molecule has 1 heterocycles. The Morgan fingerprint density at radius 3 is 2.84 bits per heavy atom. The first kappa shape index (κ1) is 14.8. The topological polar surface area (TPSA) is 49.8 Å². The lowest BCUT2D eigenvalue weighted by molar-refractivity contribution is -0.143. The molecule has 0 aromatic heterocycles. The first-order valence-corrected chi connectivity index (χ1v) is 7.64. The van der Waals surface area contributed by atoms with Crippen LogP contribution in [0, 0.1) is 17.8 Å². The summed E-state index contributed by atoms with van der Waals surface area (Å²) in [6.45, 7) is 7.54. The van der Waals surface area contributed by atoms with Crippen molar-refractivity contribution in [1.82, 2.24) is 4.90 Å². The van der Waals surface area contributed by atoms with Crippen molar-refractivity contribution in [3.63, 3.8) is 0 Å². The van der Waals surface area contributed by atoms with E-state index in [0.717, 1.165) is 32.5 Å². The number of carbonyl (C=O) groups is 1. The number of aliphatic carboxylic acids is 1. The Balaban J connectivity index is 1.75. The quantitative estimate of drug-likeness (QED) is 0.720. The predicted molar refractivity (Wildman–Crippen MR) is 74.1 cm³/mol. The fraction of sp³-hybridized carbons (Fsp3) is 0.933.